The lowest BCUT2D eigenvalue weighted by molar-refractivity contribution is 0.0945. The Morgan fingerprint density at radius 2 is 2.19 bits per heavy atom. The van der Waals surface area contributed by atoms with E-state index in [1.165, 1.54) is 0 Å². The second-order valence-corrected chi connectivity index (χ2v) is 3.33. The maximum atomic E-state index is 11.4. The van der Waals surface area contributed by atoms with Crippen molar-refractivity contribution in [3.05, 3.63) is 17.5 Å². The quantitative estimate of drug-likeness (QED) is 0.740. The Bertz CT molecular complexity index is 315. The van der Waals surface area contributed by atoms with E-state index in [0.717, 1.165) is 19.5 Å². The maximum Gasteiger partial charge on any atom is 0.273 e. The van der Waals surface area contributed by atoms with Crippen molar-refractivity contribution in [3.8, 4) is 0 Å². The standard InChI is InChI=1S/C10H17N3O2.ClH/c1-3-4-11-5-6-12-10(14)9-7-8(2)15-13-9;/h7,11H,3-6H2,1-2H3,(H,12,14);1H. The van der Waals surface area contributed by atoms with Crippen LogP contribution in [0.15, 0.2) is 10.6 Å². The summed E-state index contributed by atoms with van der Waals surface area (Å²) in [4.78, 5) is 11.4. The zero-order chi connectivity index (χ0) is 11.1. The van der Waals surface area contributed by atoms with E-state index in [1.807, 2.05) is 0 Å². The summed E-state index contributed by atoms with van der Waals surface area (Å²) in [6.07, 6.45) is 1.09. The minimum absolute atomic E-state index is 0. The number of aryl methyl sites for hydroxylation is 1. The molecule has 1 heterocycles. The van der Waals surface area contributed by atoms with Crippen molar-refractivity contribution in [2.24, 2.45) is 0 Å². The number of nitrogens with one attached hydrogen (secondary N) is 2. The minimum atomic E-state index is -0.190. The van der Waals surface area contributed by atoms with E-state index >= 15 is 0 Å². The van der Waals surface area contributed by atoms with Crippen LogP contribution in [-0.4, -0.2) is 30.7 Å². The number of carbonyl (C=O) groups excluding carboxylic acids is 1. The van der Waals surface area contributed by atoms with Crippen LogP contribution in [0.5, 0.6) is 0 Å². The SMILES string of the molecule is CCCNCCNC(=O)c1cc(C)on1.Cl. The molecule has 5 nitrogen and oxygen atoms in total. The Morgan fingerprint density at radius 3 is 2.75 bits per heavy atom. The van der Waals surface area contributed by atoms with Crippen LogP contribution in [0.1, 0.15) is 29.6 Å². The van der Waals surface area contributed by atoms with E-state index in [-0.39, 0.29) is 18.3 Å². The van der Waals surface area contributed by atoms with E-state index in [9.17, 15) is 4.79 Å². The molecular formula is C10H18ClN3O2. The van der Waals surface area contributed by atoms with Crippen LogP contribution in [0.3, 0.4) is 0 Å². The second kappa shape index (κ2) is 8.13. The number of aromatic nitrogens is 1. The van der Waals surface area contributed by atoms with Crippen molar-refractivity contribution >= 4 is 18.3 Å². The number of carbonyl (C=O) groups is 1. The molecule has 1 aromatic rings. The molecule has 0 fully saturated rings. The largest absolute Gasteiger partial charge is 0.361 e. The fraction of sp³-hybridized carbons (Fsp3) is 0.600. The van der Waals surface area contributed by atoms with Gasteiger partial charge in [0.15, 0.2) is 5.69 Å². The van der Waals surface area contributed by atoms with Crippen LogP contribution >= 0.6 is 12.4 Å². The van der Waals surface area contributed by atoms with Crippen molar-refractivity contribution in [1.29, 1.82) is 0 Å². The van der Waals surface area contributed by atoms with Crippen LogP contribution in [0.4, 0.5) is 0 Å². The van der Waals surface area contributed by atoms with Gasteiger partial charge >= 0.3 is 0 Å². The molecular weight excluding hydrogens is 230 g/mol. The third kappa shape index (κ3) is 5.14. The Morgan fingerprint density at radius 1 is 1.44 bits per heavy atom. The molecule has 0 aliphatic rings. The smallest absolute Gasteiger partial charge is 0.273 e. The van der Waals surface area contributed by atoms with Gasteiger partial charge in [-0.25, -0.2) is 0 Å². The summed E-state index contributed by atoms with van der Waals surface area (Å²) >= 11 is 0. The summed E-state index contributed by atoms with van der Waals surface area (Å²) in [5.74, 6) is 0.453. The van der Waals surface area contributed by atoms with Crippen LogP contribution in [0.25, 0.3) is 0 Å². The van der Waals surface area contributed by atoms with E-state index < -0.39 is 0 Å². The molecule has 0 atom stereocenters. The highest BCUT2D eigenvalue weighted by Crippen LogP contribution is 2.00. The van der Waals surface area contributed by atoms with Crippen molar-refractivity contribution in [2.75, 3.05) is 19.6 Å². The molecule has 6 heteroatoms. The van der Waals surface area contributed by atoms with Gasteiger partial charge in [-0.2, -0.15) is 0 Å². The van der Waals surface area contributed by atoms with Gasteiger partial charge in [-0.05, 0) is 19.9 Å². The Labute approximate surface area is 101 Å². The van der Waals surface area contributed by atoms with Gasteiger partial charge in [0.25, 0.3) is 5.91 Å². The molecule has 0 spiro atoms. The first kappa shape index (κ1) is 14.9. The van der Waals surface area contributed by atoms with Crippen molar-refractivity contribution < 1.29 is 9.32 Å². The normalized spacial score (nSPS) is 9.62. The minimum Gasteiger partial charge on any atom is -0.361 e. The molecule has 1 rings (SSSR count). The predicted molar refractivity (Wildman–Crippen MR) is 64.0 cm³/mol. The van der Waals surface area contributed by atoms with Crippen molar-refractivity contribution in [3.63, 3.8) is 0 Å². The number of rotatable bonds is 6. The van der Waals surface area contributed by atoms with Crippen LogP contribution < -0.4 is 10.6 Å². The number of hydrogen-bond acceptors (Lipinski definition) is 4. The third-order valence-electron chi connectivity index (χ3n) is 1.87. The molecule has 1 amide bonds. The highest BCUT2D eigenvalue weighted by atomic mass is 35.5. The van der Waals surface area contributed by atoms with Gasteiger partial charge in [-0.1, -0.05) is 12.1 Å². The summed E-state index contributed by atoms with van der Waals surface area (Å²) in [6.45, 7) is 6.20. The number of amides is 1. The van der Waals surface area contributed by atoms with Gasteiger partial charge in [-0.15, -0.1) is 12.4 Å². The fourth-order valence-electron chi connectivity index (χ4n) is 1.13. The van der Waals surface area contributed by atoms with E-state index in [0.29, 0.717) is 18.0 Å². The van der Waals surface area contributed by atoms with Crippen LogP contribution in [0, 0.1) is 6.92 Å². The third-order valence-corrected chi connectivity index (χ3v) is 1.87. The van der Waals surface area contributed by atoms with Gasteiger partial charge in [0.05, 0.1) is 0 Å². The summed E-state index contributed by atoms with van der Waals surface area (Å²) in [7, 11) is 0. The molecule has 0 aliphatic carbocycles. The van der Waals surface area contributed by atoms with Crippen molar-refractivity contribution in [1.82, 2.24) is 15.8 Å². The molecule has 0 bridgehead atoms. The van der Waals surface area contributed by atoms with Gasteiger partial charge < -0.3 is 15.2 Å². The first-order chi connectivity index (χ1) is 7.24. The van der Waals surface area contributed by atoms with Crippen molar-refractivity contribution in [2.45, 2.75) is 20.3 Å². The van der Waals surface area contributed by atoms with Crippen LogP contribution in [0.2, 0.25) is 0 Å². The molecule has 0 aromatic carbocycles. The predicted octanol–water partition coefficient (Wildman–Crippen LogP) is 1.13. The molecule has 0 radical (unpaired) electrons. The zero-order valence-electron chi connectivity index (χ0n) is 9.58. The Balaban J connectivity index is 0.00000225. The highest BCUT2D eigenvalue weighted by Gasteiger charge is 2.09. The van der Waals surface area contributed by atoms with Gasteiger partial charge in [0.1, 0.15) is 5.76 Å². The van der Waals surface area contributed by atoms with Crippen LogP contribution in [-0.2, 0) is 0 Å². The number of hydrogen-bond donors (Lipinski definition) is 2. The van der Waals surface area contributed by atoms with E-state index in [1.54, 1.807) is 13.0 Å². The molecule has 0 saturated heterocycles. The second-order valence-electron chi connectivity index (χ2n) is 3.33. The monoisotopic (exact) mass is 247 g/mol. The molecule has 0 aliphatic heterocycles. The highest BCUT2D eigenvalue weighted by molar-refractivity contribution is 5.92. The Hall–Kier alpha value is -1.07. The van der Waals surface area contributed by atoms with E-state index in [2.05, 4.69) is 22.7 Å². The number of halogens is 1. The molecule has 0 saturated carbocycles. The molecule has 0 unspecified atom stereocenters. The maximum absolute atomic E-state index is 11.4. The average Bonchev–Trinajstić information content (AvgIpc) is 2.64. The lowest BCUT2D eigenvalue weighted by atomic mass is 10.3. The molecule has 16 heavy (non-hydrogen) atoms. The fourth-order valence-corrected chi connectivity index (χ4v) is 1.13. The lowest BCUT2D eigenvalue weighted by Gasteiger charge is -2.03. The average molecular weight is 248 g/mol. The van der Waals surface area contributed by atoms with Gasteiger partial charge in [-0.3, -0.25) is 4.79 Å². The summed E-state index contributed by atoms with van der Waals surface area (Å²) < 4.78 is 4.80. The molecule has 1 aromatic heterocycles. The van der Waals surface area contributed by atoms with Gasteiger partial charge in [0, 0.05) is 19.2 Å². The van der Waals surface area contributed by atoms with Gasteiger partial charge in [0.2, 0.25) is 0 Å². The topological polar surface area (TPSA) is 67.2 Å². The Kier molecular flexibility index (Phi) is 7.58. The molecule has 92 valence electrons. The summed E-state index contributed by atoms with van der Waals surface area (Å²) in [5, 5.41) is 9.56. The molecule has 2 N–H and O–H groups in total. The first-order valence-corrected chi connectivity index (χ1v) is 5.16. The zero-order valence-corrected chi connectivity index (χ0v) is 10.4. The lowest BCUT2D eigenvalue weighted by Crippen LogP contribution is -2.32. The first-order valence-electron chi connectivity index (χ1n) is 5.16. The summed E-state index contributed by atoms with van der Waals surface area (Å²) in [6, 6.07) is 1.62. The van der Waals surface area contributed by atoms with E-state index in [4.69, 9.17) is 4.52 Å². The summed E-state index contributed by atoms with van der Waals surface area (Å²) in [5.41, 5.74) is 0.336. The number of nitrogens with zero attached hydrogens (tertiary/aromatic N) is 1.